The first-order valence-electron chi connectivity index (χ1n) is 4.53. The van der Waals surface area contributed by atoms with Crippen LogP contribution in [-0.4, -0.2) is 13.7 Å². The van der Waals surface area contributed by atoms with Gasteiger partial charge in [-0.1, -0.05) is 12.1 Å². The zero-order chi connectivity index (χ0) is 9.31. The molecule has 0 bridgehead atoms. The maximum Gasteiger partial charge on any atom is 0.119 e. The van der Waals surface area contributed by atoms with Crippen LogP contribution in [0.4, 0.5) is 0 Å². The fraction of sp³-hybridized carbons (Fsp3) is 0.455. The van der Waals surface area contributed by atoms with E-state index in [1.54, 1.807) is 7.11 Å². The smallest absolute Gasteiger partial charge is 0.119 e. The van der Waals surface area contributed by atoms with Crippen molar-refractivity contribution in [2.75, 3.05) is 13.7 Å². The molecule has 1 fully saturated rings. The van der Waals surface area contributed by atoms with Crippen molar-refractivity contribution in [3.05, 3.63) is 29.8 Å². The van der Waals surface area contributed by atoms with Crippen molar-refractivity contribution in [2.24, 2.45) is 0 Å². The molecule has 1 atom stereocenters. The van der Waals surface area contributed by atoms with Crippen molar-refractivity contribution in [3.63, 3.8) is 0 Å². The molecule has 0 aliphatic carbocycles. The third-order valence-corrected chi connectivity index (χ3v) is 2.68. The van der Waals surface area contributed by atoms with Gasteiger partial charge in [0.1, 0.15) is 5.75 Å². The summed E-state index contributed by atoms with van der Waals surface area (Å²) in [6.07, 6.45) is 1.10. The maximum atomic E-state index is 5.55. The van der Waals surface area contributed by atoms with E-state index in [0.29, 0.717) is 0 Å². The molecule has 1 aliphatic rings. The van der Waals surface area contributed by atoms with E-state index >= 15 is 0 Å². The molecular formula is C11H14O2. The van der Waals surface area contributed by atoms with Crippen LogP contribution < -0.4 is 4.74 Å². The van der Waals surface area contributed by atoms with Crippen LogP contribution in [0.25, 0.3) is 0 Å². The highest BCUT2D eigenvalue weighted by atomic mass is 16.5. The summed E-state index contributed by atoms with van der Waals surface area (Å²) < 4.78 is 10.7. The zero-order valence-corrected chi connectivity index (χ0v) is 8.04. The quantitative estimate of drug-likeness (QED) is 0.692. The second-order valence-corrected chi connectivity index (χ2v) is 3.56. The van der Waals surface area contributed by atoms with Crippen LogP contribution >= 0.6 is 0 Å². The lowest BCUT2D eigenvalue weighted by Crippen LogP contribution is -2.37. The summed E-state index contributed by atoms with van der Waals surface area (Å²) in [5.74, 6) is 0.897. The summed E-state index contributed by atoms with van der Waals surface area (Å²) >= 11 is 0. The number of hydrogen-bond acceptors (Lipinski definition) is 2. The summed E-state index contributed by atoms with van der Waals surface area (Å²) in [7, 11) is 1.68. The number of benzene rings is 1. The van der Waals surface area contributed by atoms with Crippen molar-refractivity contribution in [2.45, 2.75) is 18.9 Å². The van der Waals surface area contributed by atoms with Crippen LogP contribution in [-0.2, 0) is 10.3 Å². The molecule has 2 heteroatoms. The van der Waals surface area contributed by atoms with Crippen molar-refractivity contribution in [3.8, 4) is 5.75 Å². The topological polar surface area (TPSA) is 18.5 Å². The van der Waals surface area contributed by atoms with Gasteiger partial charge in [-0.3, -0.25) is 0 Å². The highest BCUT2D eigenvalue weighted by molar-refractivity contribution is 5.32. The molecule has 0 saturated carbocycles. The first kappa shape index (κ1) is 8.57. The van der Waals surface area contributed by atoms with E-state index in [2.05, 4.69) is 13.0 Å². The predicted octanol–water partition coefficient (Wildman–Crippen LogP) is 2.33. The van der Waals surface area contributed by atoms with Gasteiger partial charge in [-0.2, -0.15) is 0 Å². The Bertz CT molecular complexity index is 303. The number of rotatable bonds is 2. The Morgan fingerprint density at radius 2 is 2.23 bits per heavy atom. The van der Waals surface area contributed by atoms with Crippen LogP contribution in [0.2, 0.25) is 0 Å². The van der Waals surface area contributed by atoms with Gasteiger partial charge in [0.25, 0.3) is 0 Å². The summed E-state index contributed by atoms with van der Waals surface area (Å²) in [6, 6.07) is 8.08. The molecular weight excluding hydrogens is 164 g/mol. The van der Waals surface area contributed by atoms with Gasteiger partial charge in [0.15, 0.2) is 0 Å². The van der Waals surface area contributed by atoms with Crippen LogP contribution in [0.3, 0.4) is 0 Å². The van der Waals surface area contributed by atoms with Gasteiger partial charge < -0.3 is 9.47 Å². The van der Waals surface area contributed by atoms with Crippen molar-refractivity contribution in [1.82, 2.24) is 0 Å². The molecule has 1 heterocycles. The molecule has 1 saturated heterocycles. The minimum atomic E-state index is -0.0749. The lowest BCUT2D eigenvalue weighted by Gasteiger charge is -2.39. The molecule has 0 radical (unpaired) electrons. The molecule has 0 N–H and O–H groups in total. The summed E-state index contributed by atoms with van der Waals surface area (Å²) in [5, 5.41) is 0. The van der Waals surface area contributed by atoms with Crippen LogP contribution in [0.5, 0.6) is 5.75 Å². The molecule has 0 aromatic heterocycles. The van der Waals surface area contributed by atoms with Gasteiger partial charge in [0.2, 0.25) is 0 Å². The number of methoxy groups -OCH3 is 1. The minimum Gasteiger partial charge on any atom is -0.497 e. The lowest BCUT2D eigenvalue weighted by molar-refractivity contribution is -0.140. The Hall–Kier alpha value is -1.02. The van der Waals surface area contributed by atoms with Crippen molar-refractivity contribution < 1.29 is 9.47 Å². The minimum absolute atomic E-state index is 0.0749. The molecule has 2 rings (SSSR count). The molecule has 1 aliphatic heterocycles. The van der Waals surface area contributed by atoms with Gasteiger partial charge in [-0.05, 0) is 24.6 Å². The number of ether oxygens (including phenoxy) is 2. The van der Waals surface area contributed by atoms with Crippen molar-refractivity contribution >= 4 is 0 Å². The van der Waals surface area contributed by atoms with Gasteiger partial charge in [0.05, 0.1) is 19.3 Å². The molecule has 1 aromatic carbocycles. The third kappa shape index (κ3) is 1.42. The molecule has 0 spiro atoms. The monoisotopic (exact) mass is 178 g/mol. The Morgan fingerprint density at radius 1 is 1.46 bits per heavy atom. The van der Waals surface area contributed by atoms with E-state index in [-0.39, 0.29) is 5.60 Å². The van der Waals surface area contributed by atoms with Crippen molar-refractivity contribution in [1.29, 1.82) is 0 Å². The molecule has 0 amide bonds. The van der Waals surface area contributed by atoms with E-state index in [0.717, 1.165) is 18.8 Å². The van der Waals surface area contributed by atoms with Gasteiger partial charge >= 0.3 is 0 Å². The summed E-state index contributed by atoms with van der Waals surface area (Å²) in [5.41, 5.74) is 1.13. The molecule has 70 valence electrons. The zero-order valence-electron chi connectivity index (χ0n) is 8.04. The molecule has 2 nitrogen and oxygen atoms in total. The third-order valence-electron chi connectivity index (χ3n) is 2.68. The fourth-order valence-corrected chi connectivity index (χ4v) is 1.59. The second kappa shape index (κ2) is 3.04. The van der Waals surface area contributed by atoms with Crippen LogP contribution in [0, 0.1) is 0 Å². The van der Waals surface area contributed by atoms with Gasteiger partial charge in [-0.15, -0.1) is 0 Å². The first-order valence-corrected chi connectivity index (χ1v) is 4.53. The maximum absolute atomic E-state index is 5.55. The predicted molar refractivity (Wildman–Crippen MR) is 50.9 cm³/mol. The fourth-order valence-electron chi connectivity index (χ4n) is 1.59. The highest BCUT2D eigenvalue weighted by Crippen LogP contribution is 2.37. The molecule has 13 heavy (non-hydrogen) atoms. The lowest BCUT2D eigenvalue weighted by atomic mass is 9.88. The highest BCUT2D eigenvalue weighted by Gasteiger charge is 2.34. The SMILES string of the molecule is COc1cccc(C2(C)CCO2)c1. The van der Waals surface area contributed by atoms with E-state index in [9.17, 15) is 0 Å². The van der Waals surface area contributed by atoms with Crippen LogP contribution in [0.1, 0.15) is 18.9 Å². The van der Waals surface area contributed by atoms with E-state index in [4.69, 9.17) is 9.47 Å². The Morgan fingerprint density at radius 3 is 2.77 bits per heavy atom. The Kier molecular flexibility index (Phi) is 2.00. The molecule has 1 aromatic rings. The number of hydrogen-bond donors (Lipinski definition) is 0. The first-order chi connectivity index (χ1) is 6.24. The summed E-state index contributed by atoms with van der Waals surface area (Å²) in [6.45, 7) is 2.99. The van der Waals surface area contributed by atoms with Crippen LogP contribution in [0.15, 0.2) is 24.3 Å². The average molecular weight is 178 g/mol. The standard InChI is InChI=1S/C11H14O2/c1-11(6-7-13-11)9-4-3-5-10(8-9)12-2/h3-5,8H,6-7H2,1-2H3. The molecule has 1 unspecified atom stereocenters. The van der Waals surface area contributed by atoms with E-state index in [1.165, 1.54) is 5.56 Å². The Labute approximate surface area is 78.5 Å². The van der Waals surface area contributed by atoms with E-state index in [1.807, 2.05) is 18.2 Å². The second-order valence-electron chi connectivity index (χ2n) is 3.56. The normalized spacial score (nSPS) is 26.6. The largest absolute Gasteiger partial charge is 0.497 e. The summed E-state index contributed by atoms with van der Waals surface area (Å²) in [4.78, 5) is 0. The Balaban J connectivity index is 2.29. The van der Waals surface area contributed by atoms with E-state index < -0.39 is 0 Å². The van der Waals surface area contributed by atoms with Gasteiger partial charge in [-0.25, -0.2) is 0 Å². The van der Waals surface area contributed by atoms with Gasteiger partial charge in [0, 0.05) is 6.42 Å². The average Bonchev–Trinajstić information content (AvgIpc) is 2.14.